The summed E-state index contributed by atoms with van der Waals surface area (Å²) >= 11 is 3.56. The van der Waals surface area contributed by atoms with E-state index in [4.69, 9.17) is 4.74 Å². The van der Waals surface area contributed by atoms with Crippen molar-refractivity contribution >= 4 is 28.0 Å². The largest absolute Gasteiger partial charge is 0.472 e. The number of hydrogen-bond acceptors (Lipinski definition) is 3. The summed E-state index contributed by atoms with van der Waals surface area (Å²) in [6.07, 6.45) is 1.81. The van der Waals surface area contributed by atoms with E-state index < -0.39 is 0 Å². The van der Waals surface area contributed by atoms with E-state index in [9.17, 15) is 0 Å². The predicted molar refractivity (Wildman–Crippen MR) is 119 cm³/mol. The van der Waals surface area contributed by atoms with Crippen LogP contribution in [0.2, 0.25) is 0 Å². The van der Waals surface area contributed by atoms with Crippen LogP contribution in [0.4, 0.5) is 5.69 Å². The molecule has 3 aromatic rings. The molecule has 1 heterocycles. The van der Waals surface area contributed by atoms with Gasteiger partial charge in [0, 0.05) is 13.6 Å². The Bertz CT molecular complexity index is 957. The molecule has 0 unspecified atom stereocenters. The van der Waals surface area contributed by atoms with Gasteiger partial charge < -0.3 is 9.64 Å². The van der Waals surface area contributed by atoms with Crippen LogP contribution < -0.4 is 4.74 Å². The summed E-state index contributed by atoms with van der Waals surface area (Å²) in [5, 5.41) is 0. The fourth-order valence-electron chi connectivity index (χ4n) is 2.65. The maximum absolute atomic E-state index is 5.98. The summed E-state index contributed by atoms with van der Waals surface area (Å²) in [6, 6.07) is 20.6. The highest BCUT2D eigenvalue weighted by molar-refractivity contribution is 9.10. The normalized spacial score (nSPS) is 11.0. The van der Waals surface area contributed by atoms with Crippen molar-refractivity contribution in [1.29, 1.82) is 0 Å². The minimum atomic E-state index is 0.451. The molecule has 2 aromatic carbocycles. The molecule has 0 N–H and O–H groups in total. The summed E-state index contributed by atoms with van der Waals surface area (Å²) < 4.78 is 6.77. The Hall–Kier alpha value is -2.66. The lowest BCUT2D eigenvalue weighted by atomic mass is 10.0. The highest BCUT2D eigenvalue weighted by Gasteiger charge is 2.09. The van der Waals surface area contributed by atoms with Crippen molar-refractivity contribution in [2.24, 2.45) is 4.99 Å². The Balaban J connectivity index is 1.73. The summed E-state index contributed by atoms with van der Waals surface area (Å²) in [5.41, 5.74) is 5.12. The minimum absolute atomic E-state index is 0.451. The van der Waals surface area contributed by atoms with Gasteiger partial charge in [-0.1, -0.05) is 48.5 Å². The van der Waals surface area contributed by atoms with Gasteiger partial charge in [0.25, 0.3) is 0 Å². The number of aryl methyl sites for hydroxylation is 1. The maximum atomic E-state index is 5.98. The third-order valence-corrected chi connectivity index (χ3v) is 4.98. The molecule has 3 rings (SSSR count). The van der Waals surface area contributed by atoms with Crippen molar-refractivity contribution in [3.05, 3.63) is 76.4 Å². The van der Waals surface area contributed by atoms with Crippen molar-refractivity contribution in [3.63, 3.8) is 0 Å². The first-order chi connectivity index (χ1) is 13.6. The molecule has 28 heavy (non-hydrogen) atoms. The van der Waals surface area contributed by atoms with E-state index in [0.717, 1.165) is 28.0 Å². The molecular formula is C23H24BrN3O. The van der Waals surface area contributed by atoms with Crippen LogP contribution in [-0.4, -0.2) is 29.8 Å². The number of hydrogen-bond donors (Lipinski definition) is 0. The molecule has 0 fully saturated rings. The first-order valence-electron chi connectivity index (χ1n) is 9.25. The lowest BCUT2D eigenvalue weighted by Gasteiger charge is -2.12. The van der Waals surface area contributed by atoms with Crippen LogP contribution in [0, 0.1) is 6.92 Å². The molecule has 0 saturated heterocycles. The van der Waals surface area contributed by atoms with Crippen molar-refractivity contribution in [2.75, 3.05) is 13.6 Å². The van der Waals surface area contributed by atoms with Gasteiger partial charge in [0.05, 0.1) is 22.2 Å². The van der Waals surface area contributed by atoms with E-state index in [0.29, 0.717) is 12.5 Å². The molecule has 0 atom stereocenters. The van der Waals surface area contributed by atoms with Crippen molar-refractivity contribution in [2.45, 2.75) is 20.5 Å². The number of halogens is 1. The highest BCUT2D eigenvalue weighted by Crippen LogP contribution is 2.30. The summed E-state index contributed by atoms with van der Waals surface area (Å²) in [7, 11) is 1.99. The number of aromatic nitrogens is 1. The van der Waals surface area contributed by atoms with Gasteiger partial charge in [0.15, 0.2) is 0 Å². The fraction of sp³-hybridized carbons (Fsp3) is 0.217. The molecule has 0 spiro atoms. The third-order valence-electron chi connectivity index (χ3n) is 4.41. The van der Waals surface area contributed by atoms with Gasteiger partial charge in [-0.05, 0) is 58.6 Å². The topological polar surface area (TPSA) is 37.7 Å². The second-order valence-corrected chi connectivity index (χ2v) is 7.41. The number of nitrogens with zero attached hydrogens (tertiary/aromatic N) is 3. The van der Waals surface area contributed by atoms with Gasteiger partial charge in [-0.25, -0.2) is 9.98 Å². The van der Waals surface area contributed by atoms with Crippen LogP contribution in [0.15, 0.2) is 70.1 Å². The van der Waals surface area contributed by atoms with E-state index in [1.54, 1.807) is 0 Å². The van der Waals surface area contributed by atoms with E-state index >= 15 is 0 Å². The Morgan fingerprint density at radius 1 is 1.07 bits per heavy atom. The lowest BCUT2D eigenvalue weighted by molar-refractivity contribution is 0.291. The SMILES string of the molecule is CCN(C)/C=N/c1cc(Br)c(OCc2cccc(-c3ccccc3)c2)nc1C. The average Bonchev–Trinajstić information content (AvgIpc) is 2.73. The van der Waals surface area contributed by atoms with E-state index in [1.807, 2.05) is 49.5 Å². The van der Waals surface area contributed by atoms with Gasteiger partial charge >= 0.3 is 0 Å². The monoisotopic (exact) mass is 437 g/mol. The Morgan fingerprint density at radius 2 is 1.82 bits per heavy atom. The summed E-state index contributed by atoms with van der Waals surface area (Å²) in [6.45, 7) is 5.37. The molecule has 1 aromatic heterocycles. The fourth-order valence-corrected chi connectivity index (χ4v) is 3.07. The Labute approximate surface area is 175 Å². The van der Waals surface area contributed by atoms with Crippen molar-refractivity contribution in [3.8, 4) is 17.0 Å². The number of aliphatic imine (C=N–C) groups is 1. The number of pyridine rings is 1. The van der Waals surface area contributed by atoms with Gasteiger partial charge in [-0.15, -0.1) is 0 Å². The van der Waals surface area contributed by atoms with Crippen molar-refractivity contribution in [1.82, 2.24) is 9.88 Å². The van der Waals surface area contributed by atoms with Gasteiger partial charge in [0.1, 0.15) is 6.61 Å². The second-order valence-electron chi connectivity index (χ2n) is 6.55. The second kappa shape index (κ2) is 9.51. The van der Waals surface area contributed by atoms with Crippen LogP contribution in [0.1, 0.15) is 18.2 Å². The number of ether oxygens (including phenoxy) is 1. The standard InChI is InChI=1S/C23H24BrN3O/c1-4-27(3)16-25-22-14-21(24)23(26-17(22)2)28-15-18-9-8-12-20(13-18)19-10-6-5-7-11-19/h5-14,16H,4,15H2,1-3H3/b25-16+. The average molecular weight is 438 g/mol. The molecule has 5 heteroatoms. The van der Waals surface area contributed by atoms with E-state index in [-0.39, 0.29) is 0 Å². The Kier molecular flexibility index (Phi) is 6.82. The molecule has 0 aliphatic carbocycles. The molecule has 0 aliphatic heterocycles. The maximum Gasteiger partial charge on any atom is 0.228 e. The van der Waals surface area contributed by atoms with Gasteiger partial charge in [0.2, 0.25) is 5.88 Å². The molecule has 144 valence electrons. The van der Waals surface area contributed by atoms with Crippen molar-refractivity contribution < 1.29 is 4.74 Å². The zero-order chi connectivity index (χ0) is 19.9. The predicted octanol–water partition coefficient (Wildman–Crippen LogP) is 6.01. The lowest BCUT2D eigenvalue weighted by Crippen LogP contribution is -2.14. The third kappa shape index (κ3) is 5.20. The smallest absolute Gasteiger partial charge is 0.228 e. The minimum Gasteiger partial charge on any atom is -0.472 e. The first kappa shape index (κ1) is 20.1. The van der Waals surface area contributed by atoms with E-state index in [1.165, 1.54) is 11.1 Å². The zero-order valence-electron chi connectivity index (χ0n) is 16.4. The highest BCUT2D eigenvalue weighted by atomic mass is 79.9. The summed E-state index contributed by atoms with van der Waals surface area (Å²) in [4.78, 5) is 11.1. The zero-order valence-corrected chi connectivity index (χ0v) is 18.0. The van der Waals surface area contributed by atoms with Crippen LogP contribution in [0.25, 0.3) is 11.1 Å². The van der Waals surface area contributed by atoms with Gasteiger partial charge in [-0.2, -0.15) is 0 Å². The first-order valence-corrected chi connectivity index (χ1v) is 10.0. The molecular weight excluding hydrogens is 414 g/mol. The molecule has 0 saturated carbocycles. The van der Waals surface area contributed by atoms with E-state index in [2.05, 4.69) is 69.2 Å². The van der Waals surface area contributed by atoms with Crippen LogP contribution in [0.5, 0.6) is 5.88 Å². The molecule has 0 aliphatic rings. The molecule has 0 radical (unpaired) electrons. The number of benzene rings is 2. The molecule has 0 amide bonds. The summed E-state index contributed by atoms with van der Waals surface area (Å²) in [5.74, 6) is 0.574. The Morgan fingerprint density at radius 3 is 2.57 bits per heavy atom. The van der Waals surface area contributed by atoms with Gasteiger partial charge in [-0.3, -0.25) is 0 Å². The quantitative estimate of drug-likeness (QED) is 0.335. The van der Waals surface area contributed by atoms with Crippen LogP contribution in [0.3, 0.4) is 0 Å². The van der Waals surface area contributed by atoms with Crippen LogP contribution in [-0.2, 0) is 6.61 Å². The molecule has 0 bridgehead atoms. The number of rotatable bonds is 7. The molecule has 4 nitrogen and oxygen atoms in total. The van der Waals surface area contributed by atoms with Crippen LogP contribution >= 0.6 is 15.9 Å².